The van der Waals surface area contributed by atoms with Crippen LogP contribution in [-0.4, -0.2) is 30.0 Å². The molecule has 20 heavy (non-hydrogen) atoms. The number of allylic oxidation sites excluding steroid dienone is 1. The van der Waals surface area contributed by atoms with E-state index in [2.05, 4.69) is 41.2 Å². The molecule has 3 heteroatoms. The van der Waals surface area contributed by atoms with Gasteiger partial charge in [-0.25, -0.2) is 0 Å². The lowest BCUT2D eigenvalue weighted by atomic mass is 9.71. The molecule has 1 aromatic heterocycles. The van der Waals surface area contributed by atoms with E-state index in [4.69, 9.17) is 4.74 Å². The molecule has 2 aliphatic heterocycles. The van der Waals surface area contributed by atoms with Gasteiger partial charge in [0.05, 0.1) is 11.8 Å². The van der Waals surface area contributed by atoms with Gasteiger partial charge in [0, 0.05) is 22.6 Å². The number of likely N-dealkylation sites (tertiary alicyclic amines) is 1. The summed E-state index contributed by atoms with van der Waals surface area (Å²) in [6, 6.07) is 8.41. The number of piperidine rings is 1. The highest BCUT2D eigenvalue weighted by molar-refractivity contribution is 5.82. The molecule has 3 nitrogen and oxygen atoms in total. The first-order chi connectivity index (χ1) is 9.77. The van der Waals surface area contributed by atoms with Crippen molar-refractivity contribution in [2.75, 3.05) is 20.1 Å². The van der Waals surface area contributed by atoms with E-state index in [9.17, 15) is 0 Å². The number of ether oxygens (including phenoxy) is 1. The number of pyridine rings is 1. The Morgan fingerprint density at radius 3 is 2.95 bits per heavy atom. The maximum Gasteiger partial charge on any atom is 0.131 e. The molecule has 0 radical (unpaired) electrons. The Kier molecular flexibility index (Phi) is 2.57. The van der Waals surface area contributed by atoms with Crippen LogP contribution in [0, 0.1) is 0 Å². The van der Waals surface area contributed by atoms with E-state index in [1.54, 1.807) is 0 Å². The minimum absolute atomic E-state index is 0.131. The number of hydrogen-bond donors (Lipinski definition) is 0. The molecule has 1 aromatic carbocycles. The van der Waals surface area contributed by atoms with Crippen LogP contribution in [0.15, 0.2) is 42.8 Å². The summed E-state index contributed by atoms with van der Waals surface area (Å²) in [5, 5.41) is 1.14. The van der Waals surface area contributed by atoms with Gasteiger partial charge in [-0.05, 0) is 57.3 Å². The van der Waals surface area contributed by atoms with Gasteiger partial charge >= 0.3 is 0 Å². The summed E-state index contributed by atoms with van der Waals surface area (Å²) >= 11 is 0. The molecule has 0 N–H and O–H groups in total. The van der Waals surface area contributed by atoms with Gasteiger partial charge in [-0.3, -0.25) is 4.98 Å². The third-order valence-electron chi connectivity index (χ3n) is 4.70. The van der Waals surface area contributed by atoms with Crippen LogP contribution in [0.2, 0.25) is 0 Å². The summed E-state index contributed by atoms with van der Waals surface area (Å²) in [7, 11) is 2.19. The van der Waals surface area contributed by atoms with Gasteiger partial charge in [0.15, 0.2) is 0 Å². The molecule has 3 heterocycles. The Bertz CT molecular complexity index is 684. The molecule has 0 amide bonds. The first-order valence-corrected chi connectivity index (χ1v) is 7.19. The van der Waals surface area contributed by atoms with E-state index in [0.29, 0.717) is 0 Å². The Labute approximate surface area is 118 Å². The van der Waals surface area contributed by atoms with Gasteiger partial charge in [-0.2, -0.15) is 0 Å². The summed E-state index contributed by atoms with van der Waals surface area (Å²) in [5.74, 6) is 0.998. The average molecular weight is 266 g/mol. The van der Waals surface area contributed by atoms with Crippen LogP contribution >= 0.6 is 0 Å². The van der Waals surface area contributed by atoms with Crippen LogP contribution in [0.4, 0.5) is 0 Å². The first kappa shape index (κ1) is 11.9. The molecule has 0 atom stereocenters. The highest BCUT2D eigenvalue weighted by atomic mass is 16.5. The van der Waals surface area contributed by atoms with Gasteiger partial charge in [-0.1, -0.05) is 6.07 Å². The van der Waals surface area contributed by atoms with E-state index >= 15 is 0 Å². The van der Waals surface area contributed by atoms with Gasteiger partial charge < -0.3 is 9.64 Å². The maximum atomic E-state index is 5.76. The van der Waals surface area contributed by atoms with Crippen LogP contribution in [0.25, 0.3) is 10.9 Å². The number of rotatable bonds is 0. The van der Waals surface area contributed by atoms with Crippen LogP contribution in [0.5, 0.6) is 5.75 Å². The van der Waals surface area contributed by atoms with Crippen molar-refractivity contribution < 1.29 is 4.74 Å². The molecule has 102 valence electrons. The third-order valence-corrected chi connectivity index (χ3v) is 4.70. The highest BCUT2D eigenvalue weighted by Crippen LogP contribution is 2.45. The van der Waals surface area contributed by atoms with Crippen molar-refractivity contribution in [2.24, 2.45) is 0 Å². The number of hydrogen-bond acceptors (Lipinski definition) is 3. The van der Waals surface area contributed by atoms with Crippen LogP contribution < -0.4 is 4.74 Å². The molecule has 4 rings (SSSR count). The molecule has 2 aromatic rings. The molecule has 0 saturated carbocycles. The van der Waals surface area contributed by atoms with Gasteiger partial charge in [-0.15, -0.1) is 0 Å². The minimum atomic E-state index is 0.131. The maximum absolute atomic E-state index is 5.76. The highest BCUT2D eigenvalue weighted by Gasteiger charge is 2.37. The molecule has 1 spiro atoms. The van der Waals surface area contributed by atoms with Crippen molar-refractivity contribution in [2.45, 2.75) is 18.3 Å². The lowest BCUT2D eigenvalue weighted by Crippen LogP contribution is -2.40. The van der Waals surface area contributed by atoms with Crippen LogP contribution in [-0.2, 0) is 5.41 Å². The Balaban J connectivity index is 1.87. The summed E-state index contributed by atoms with van der Waals surface area (Å²) in [4.78, 5) is 6.89. The molecular formula is C17H18N2O. The zero-order chi connectivity index (χ0) is 13.6. The Morgan fingerprint density at radius 2 is 2.10 bits per heavy atom. The van der Waals surface area contributed by atoms with E-state index in [-0.39, 0.29) is 5.41 Å². The molecule has 0 unspecified atom stereocenters. The van der Waals surface area contributed by atoms with Gasteiger partial charge in [0.1, 0.15) is 5.75 Å². The first-order valence-electron chi connectivity index (χ1n) is 7.19. The zero-order valence-corrected chi connectivity index (χ0v) is 11.7. The standard InChI is InChI=1S/C17H18N2O/c1-19-8-4-17(5-9-19)6-10-20-16-11-13-3-2-7-18-15(13)12-14(16)17/h2-3,6-7,10-12H,4-5,8-9H2,1H3. The molecule has 2 aliphatic rings. The number of fused-ring (bicyclic) bond motifs is 3. The summed E-state index contributed by atoms with van der Waals surface area (Å²) < 4.78 is 5.76. The summed E-state index contributed by atoms with van der Waals surface area (Å²) in [6.07, 6.45) is 8.27. The third kappa shape index (κ3) is 1.74. The van der Waals surface area contributed by atoms with Crippen molar-refractivity contribution in [3.8, 4) is 5.75 Å². The fourth-order valence-corrected chi connectivity index (χ4v) is 3.37. The predicted octanol–water partition coefficient (Wildman–Crippen LogP) is 3.10. The van der Waals surface area contributed by atoms with Gasteiger partial charge in [0.25, 0.3) is 0 Å². The van der Waals surface area contributed by atoms with Crippen LogP contribution in [0.1, 0.15) is 18.4 Å². The fraction of sp³-hybridized carbons (Fsp3) is 0.353. The van der Waals surface area contributed by atoms with E-state index in [1.165, 1.54) is 5.56 Å². The summed E-state index contributed by atoms with van der Waals surface area (Å²) in [5.41, 5.74) is 2.49. The van der Waals surface area contributed by atoms with Crippen molar-refractivity contribution in [1.29, 1.82) is 0 Å². The molecule has 1 fully saturated rings. The van der Waals surface area contributed by atoms with Crippen molar-refractivity contribution in [3.63, 3.8) is 0 Å². The van der Waals surface area contributed by atoms with Crippen molar-refractivity contribution in [3.05, 3.63) is 48.4 Å². The number of aromatic nitrogens is 1. The predicted molar refractivity (Wildman–Crippen MR) is 79.9 cm³/mol. The number of nitrogens with zero attached hydrogens (tertiary/aromatic N) is 2. The monoisotopic (exact) mass is 266 g/mol. The fourth-order valence-electron chi connectivity index (χ4n) is 3.37. The Hall–Kier alpha value is -1.87. The van der Waals surface area contributed by atoms with Crippen molar-refractivity contribution >= 4 is 10.9 Å². The topological polar surface area (TPSA) is 25.4 Å². The van der Waals surface area contributed by atoms with E-state index in [0.717, 1.165) is 42.6 Å². The van der Waals surface area contributed by atoms with Crippen molar-refractivity contribution in [1.82, 2.24) is 9.88 Å². The number of benzene rings is 1. The normalized spacial score (nSPS) is 20.9. The lowest BCUT2D eigenvalue weighted by molar-refractivity contribution is 0.209. The quantitative estimate of drug-likeness (QED) is 0.732. The SMILES string of the molecule is CN1CCC2(C=COc3cc4cccnc4cc32)CC1. The molecule has 1 saturated heterocycles. The summed E-state index contributed by atoms with van der Waals surface area (Å²) in [6.45, 7) is 2.26. The van der Waals surface area contributed by atoms with Crippen LogP contribution in [0.3, 0.4) is 0 Å². The second kappa shape index (κ2) is 4.32. The van der Waals surface area contributed by atoms with Gasteiger partial charge in [0.2, 0.25) is 0 Å². The minimum Gasteiger partial charge on any atom is -0.465 e. The average Bonchev–Trinajstić information content (AvgIpc) is 2.49. The smallest absolute Gasteiger partial charge is 0.131 e. The molecule has 0 bridgehead atoms. The second-order valence-electron chi connectivity index (χ2n) is 5.92. The molecular weight excluding hydrogens is 248 g/mol. The Morgan fingerprint density at radius 1 is 1.25 bits per heavy atom. The zero-order valence-electron chi connectivity index (χ0n) is 11.7. The van der Waals surface area contributed by atoms with E-state index < -0.39 is 0 Å². The largest absolute Gasteiger partial charge is 0.465 e. The second-order valence-corrected chi connectivity index (χ2v) is 5.92. The van der Waals surface area contributed by atoms with E-state index in [1.807, 2.05) is 18.5 Å². The molecule has 0 aliphatic carbocycles. The lowest BCUT2D eigenvalue weighted by Gasteiger charge is -2.41.